The molecule has 0 aliphatic carbocycles. The molecule has 0 saturated carbocycles. The summed E-state index contributed by atoms with van der Waals surface area (Å²) in [6.45, 7) is -0.0746. The first-order valence-electron chi connectivity index (χ1n) is 7.32. The summed E-state index contributed by atoms with van der Waals surface area (Å²) in [5.41, 5.74) is 0.964. The number of hydrogen-bond acceptors (Lipinski definition) is 4. The number of aliphatic hydroxyl groups is 1. The van der Waals surface area contributed by atoms with Gasteiger partial charge in [0.15, 0.2) is 11.6 Å². The Kier molecular flexibility index (Phi) is 6.57. The van der Waals surface area contributed by atoms with E-state index < -0.39 is 23.8 Å². The van der Waals surface area contributed by atoms with Crippen LogP contribution in [0.5, 0.6) is 5.75 Å². The van der Waals surface area contributed by atoms with Crippen molar-refractivity contribution in [2.45, 2.75) is 18.9 Å². The molecule has 0 saturated heterocycles. The van der Waals surface area contributed by atoms with Crippen molar-refractivity contribution in [1.29, 1.82) is 0 Å². The van der Waals surface area contributed by atoms with Crippen molar-refractivity contribution in [1.82, 2.24) is 0 Å². The predicted octanol–water partition coefficient (Wildman–Crippen LogP) is 4.36. The minimum absolute atomic E-state index is 0.0746. The van der Waals surface area contributed by atoms with Gasteiger partial charge in [-0.1, -0.05) is 22.0 Å². The lowest BCUT2D eigenvalue weighted by Gasteiger charge is -2.18. The van der Waals surface area contributed by atoms with Crippen LogP contribution < -0.4 is 5.32 Å². The summed E-state index contributed by atoms with van der Waals surface area (Å²) in [6.07, 6.45) is -0.704. The highest BCUT2D eigenvalue weighted by molar-refractivity contribution is 9.10. The fourth-order valence-corrected chi connectivity index (χ4v) is 2.37. The number of aliphatic hydroxyl groups excluding tert-OH is 1. The van der Waals surface area contributed by atoms with E-state index in [1.165, 1.54) is 12.1 Å². The number of aromatic hydroxyl groups is 1. The fourth-order valence-electron chi connectivity index (χ4n) is 2.10. The van der Waals surface area contributed by atoms with Gasteiger partial charge in [0.1, 0.15) is 6.10 Å². The number of rotatable bonds is 6. The van der Waals surface area contributed by atoms with Crippen LogP contribution in [0.1, 0.15) is 24.5 Å². The highest BCUT2D eigenvalue weighted by atomic mass is 79.9. The minimum Gasteiger partial charge on any atom is -0.505 e. The largest absolute Gasteiger partial charge is 0.505 e. The number of carbonyl (C=O) groups excluding carboxylic acids is 1. The average molecular weight is 398 g/mol. The number of nitrogens with one attached hydrogen (secondary N) is 1. The van der Waals surface area contributed by atoms with Crippen molar-refractivity contribution in [2.75, 3.05) is 11.9 Å². The van der Waals surface area contributed by atoms with E-state index in [-0.39, 0.29) is 6.61 Å². The van der Waals surface area contributed by atoms with Crippen LogP contribution in [0.4, 0.5) is 14.9 Å². The summed E-state index contributed by atoms with van der Waals surface area (Å²) in [6, 6.07) is 10.7. The van der Waals surface area contributed by atoms with E-state index in [0.29, 0.717) is 24.1 Å². The fraction of sp³-hybridized carbons (Fsp3) is 0.235. The van der Waals surface area contributed by atoms with E-state index in [9.17, 15) is 14.3 Å². The number of anilines is 1. The summed E-state index contributed by atoms with van der Waals surface area (Å²) in [7, 11) is 0. The molecule has 1 amide bonds. The number of carbonyl (C=O) groups is 1. The van der Waals surface area contributed by atoms with E-state index in [1.807, 2.05) is 0 Å². The van der Waals surface area contributed by atoms with Crippen molar-refractivity contribution < 1.29 is 24.1 Å². The summed E-state index contributed by atoms with van der Waals surface area (Å²) < 4.78 is 19.7. The molecular weight excluding hydrogens is 381 g/mol. The van der Waals surface area contributed by atoms with Crippen LogP contribution in [0.2, 0.25) is 0 Å². The summed E-state index contributed by atoms with van der Waals surface area (Å²) in [5.74, 6) is -1.27. The minimum atomic E-state index is -0.793. The van der Waals surface area contributed by atoms with Gasteiger partial charge in [-0.15, -0.1) is 0 Å². The highest BCUT2D eigenvalue weighted by Gasteiger charge is 2.18. The Morgan fingerprint density at radius 2 is 1.96 bits per heavy atom. The molecule has 0 spiro atoms. The molecule has 0 aliphatic rings. The molecule has 0 radical (unpaired) electrons. The van der Waals surface area contributed by atoms with E-state index in [1.54, 1.807) is 24.3 Å². The number of phenolic OH excluding ortho intramolecular Hbond substituents is 1. The molecular formula is C17H17BrFNO4. The molecule has 7 heteroatoms. The van der Waals surface area contributed by atoms with Gasteiger partial charge in [-0.3, -0.25) is 5.32 Å². The van der Waals surface area contributed by atoms with E-state index >= 15 is 0 Å². The normalized spacial score (nSPS) is 11.8. The van der Waals surface area contributed by atoms with Gasteiger partial charge in [0, 0.05) is 16.8 Å². The Bertz CT molecular complexity index is 693. The van der Waals surface area contributed by atoms with Crippen LogP contribution in [0.25, 0.3) is 0 Å². The molecule has 3 N–H and O–H groups in total. The third kappa shape index (κ3) is 5.21. The zero-order valence-corrected chi connectivity index (χ0v) is 14.3. The van der Waals surface area contributed by atoms with Crippen LogP contribution in [0.3, 0.4) is 0 Å². The lowest BCUT2D eigenvalue weighted by molar-refractivity contribution is 0.0992. The zero-order valence-electron chi connectivity index (χ0n) is 12.7. The van der Waals surface area contributed by atoms with E-state index in [0.717, 1.165) is 10.5 Å². The molecule has 5 nitrogen and oxygen atoms in total. The van der Waals surface area contributed by atoms with Gasteiger partial charge in [-0.2, -0.15) is 0 Å². The van der Waals surface area contributed by atoms with Crippen LogP contribution >= 0.6 is 15.9 Å². The number of benzene rings is 2. The second-order valence-electron chi connectivity index (χ2n) is 5.10. The first-order chi connectivity index (χ1) is 11.5. The maximum Gasteiger partial charge on any atom is 0.412 e. The molecule has 0 aliphatic heterocycles. The van der Waals surface area contributed by atoms with Crippen LogP contribution in [-0.2, 0) is 4.74 Å². The van der Waals surface area contributed by atoms with Crippen LogP contribution in [-0.4, -0.2) is 22.9 Å². The van der Waals surface area contributed by atoms with Crippen molar-refractivity contribution in [3.8, 4) is 5.75 Å². The van der Waals surface area contributed by atoms with Gasteiger partial charge in [-0.05, 0) is 54.8 Å². The first-order valence-corrected chi connectivity index (χ1v) is 8.11. The van der Waals surface area contributed by atoms with Gasteiger partial charge >= 0.3 is 6.09 Å². The van der Waals surface area contributed by atoms with Gasteiger partial charge in [0.2, 0.25) is 0 Å². The Hall–Kier alpha value is -2.12. The molecule has 0 unspecified atom stereocenters. The van der Waals surface area contributed by atoms with Gasteiger partial charge in [0.05, 0.1) is 0 Å². The maximum atomic E-state index is 13.5. The van der Waals surface area contributed by atoms with Crippen LogP contribution in [0, 0.1) is 5.82 Å². The molecule has 2 aromatic carbocycles. The highest BCUT2D eigenvalue weighted by Crippen LogP contribution is 2.27. The molecule has 0 bridgehead atoms. The van der Waals surface area contributed by atoms with E-state index in [4.69, 9.17) is 9.84 Å². The van der Waals surface area contributed by atoms with Crippen molar-refractivity contribution in [2.24, 2.45) is 0 Å². The molecule has 2 rings (SSSR count). The number of hydrogen-bond donors (Lipinski definition) is 3. The Labute approximate surface area is 147 Å². The number of phenols is 1. The van der Waals surface area contributed by atoms with Gasteiger partial charge in [-0.25, -0.2) is 9.18 Å². The SMILES string of the molecule is O=C(Nc1ccc(Br)cc1)O[C@@H](CCCO)c1ccc(O)c(F)c1. The van der Waals surface area contributed by atoms with E-state index in [2.05, 4.69) is 21.2 Å². The Balaban J connectivity index is 2.08. The number of halogens is 2. The lowest BCUT2D eigenvalue weighted by atomic mass is 10.0. The van der Waals surface area contributed by atoms with Crippen molar-refractivity contribution in [3.63, 3.8) is 0 Å². The van der Waals surface area contributed by atoms with Crippen molar-refractivity contribution >= 4 is 27.7 Å². The van der Waals surface area contributed by atoms with Gasteiger partial charge in [0.25, 0.3) is 0 Å². The molecule has 0 fully saturated rings. The van der Waals surface area contributed by atoms with Crippen molar-refractivity contribution in [3.05, 3.63) is 58.3 Å². The first kappa shape index (κ1) is 18.2. The topological polar surface area (TPSA) is 78.8 Å². The Morgan fingerprint density at radius 3 is 2.58 bits per heavy atom. The maximum absolute atomic E-state index is 13.5. The van der Waals surface area contributed by atoms with Gasteiger partial charge < -0.3 is 14.9 Å². The summed E-state index contributed by atoms with van der Waals surface area (Å²) in [4.78, 5) is 12.0. The predicted molar refractivity (Wildman–Crippen MR) is 91.4 cm³/mol. The standard InChI is InChI=1S/C17H17BrFNO4/c18-12-4-6-13(7-5-12)20-17(23)24-16(2-1-9-21)11-3-8-15(22)14(19)10-11/h3-8,10,16,21-22H,1-2,9H2,(H,20,23)/t16-/m0/s1. The zero-order chi connectivity index (χ0) is 17.5. The lowest BCUT2D eigenvalue weighted by Crippen LogP contribution is -2.18. The molecule has 1 atom stereocenters. The number of amides is 1. The third-order valence-corrected chi connectivity index (χ3v) is 3.84. The average Bonchev–Trinajstić information content (AvgIpc) is 2.56. The quantitative estimate of drug-likeness (QED) is 0.676. The third-order valence-electron chi connectivity index (χ3n) is 3.31. The van der Waals surface area contributed by atoms with Crippen LogP contribution in [0.15, 0.2) is 46.9 Å². The number of ether oxygens (including phenoxy) is 1. The second-order valence-corrected chi connectivity index (χ2v) is 6.02. The molecule has 0 aromatic heterocycles. The summed E-state index contributed by atoms with van der Waals surface area (Å²) in [5, 5.41) is 20.8. The monoisotopic (exact) mass is 397 g/mol. The molecule has 24 heavy (non-hydrogen) atoms. The second kappa shape index (κ2) is 8.65. The molecule has 0 heterocycles. The molecule has 2 aromatic rings. The molecule has 128 valence electrons. The smallest absolute Gasteiger partial charge is 0.412 e. The Morgan fingerprint density at radius 1 is 1.25 bits per heavy atom. The summed E-state index contributed by atoms with van der Waals surface area (Å²) >= 11 is 3.30.